The van der Waals surface area contributed by atoms with Crippen LogP contribution in [0.1, 0.15) is 32.3 Å². The topological polar surface area (TPSA) is 140 Å². The van der Waals surface area contributed by atoms with Gasteiger partial charge in [0.05, 0.1) is 12.1 Å². The van der Waals surface area contributed by atoms with Crippen LogP contribution in [0.5, 0.6) is 0 Å². The molecule has 0 saturated carbocycles. The molecule has 1 aromatic heterocycles. The zero-order chi connectivity index (χ0) is 23.0. The predicted octanol–water partition coefficient (Wildman–Crippen LogP) is 0.988. The zero-order valence-electron chi connectivity index (χ0n) is 18.0. The van der Waals surface area contributed by atoms with Crippen LogP contribution in [0.4, 0.5) is 0 Å². The maximum Gasteiger partial charge on any atom is 0.303 e. The number of carbonyl (C=O) groups is 4. The number of nitrogens with one attached hydrogen (secondary N) is 4. The number of para-hydroxylation sites is 1. The highest BCUT2D eigenvalue weighted by atomic mass is 16.4. The quantitative estimate of drug-likeness (QED) is 0.318. The summed E-state index contributed by atoms with van der Waals surface area (Å²) in [4.78, 5) is 51.2. The first-order valence-corrected chi connectivity index (χ1v) is 10.3. The van der Waals surface area contributed by atoms with Gasteiger partial charge in [-0.25, -0.2) is 0 Å². The van der Waals surface area contributed by atoms with Crippen LogP contribution in [0.2, 0.25) is 0 Å². The van der Waals surface area contributed by atoms with Crippen molar-refractivity contribution in [2.24, 2.45) is 5.92 Å². The molecule has 0 aliphatic heterocycles. The van der Waals surface area contributed by atoms with Crippen molar-refractivity contribution >= 4 is 35.0 Å². The molecule has 0 aliphatic carbocycles. The van der Waals surface area contributed by atoms with Gasteiger partial charge >= 0.3 is 5.97 Å². The predicted molar refractivity (Wildman–Crippen MR) is 116 cm³/mol. The molecule has 0 unspecified atom stereocenters. The minimum atomic E-state index is -1.08. The van der Waals surface area contributed by atoms with E-state index in [9.17, 15) is 19.2 Å². The third-order valence-electron chi connectivity index (χ3n) is 5.15. The number of hydrogen-bond donors (Lipinski definition) is 5. The van der Waals surface area contributed by atoms with E-state index in [1.165, 1.54) is 0 Å². The third kappa shape index (κ3) is 6.65. The van der Waals surface area contributed by atoms with Crippen LogP contribution < -0.4 is 16.0 Å². The first kappa shape index (κ1) is 24.1. The number of carbonyl (C=O) groups excluding carboxylic acids is 3. The van der Waals surface area contributed by atoms with Crippen molar-refractivity contribution in [3.05, 3.63) is 36.0 Å². The summed E-state index contributed by atoms with van der Waals surface area (Å²) in [6, 6.07) is 5.20. The van der Waals surface area contributed by atoms with Gasteiger partial charge in [-0.05, 0) is 31.0 Å². The van der Waals surface area contributed by atoms with Gasteiger partial charge in [0.25, 0.3) is 0 Å². The largest absolute Gasteiger partial charge is 0.481 e. The van der Waals surface area contributed by atoms with Crippen LogP contribution >= 0.6 is 0 Å². The number of H-pyrrole nitrogens is 1. The number of hydrogen-bond acceptors (Lipinski definition) is 5. The second-order valence-electron chi connectivity index (χ2n) is 7.82. The van der Waals surface area contributed by atoms with Gasteiger partial charge in [0, 0.05) is 29.9 Å². The van der Waals surface area contributed by atoms with Gasteiger partial charge in [-0.15, -0.1) is 0 Å². The van der Waals surface area contributed by atoms with Crippen molar-refractivity contribution in [2.75, 3.05) is 7.05 Å². The van der Waals surface area contributed by atoms with Gasteiger partial charge in [-0.3, -0.25) is 14.4 Å². The second kappa shape index (κ2) is 11.3. The minimum absolute atomic E-state index is 0.0298. The van der Waals surface area contributed by atoms with Gasteiger partial charge in [0.1, 0.15) is 12.3 Å². The Labute approximate surface area is 181 Å². The number of aldehydes is 1. The van der Waals surface area contributed by atoms with E-state index >= 15 is 0 Å². The summed E-state index contributed by atoms with van der Waals surface area (Å²) in [5.74, 6) is -2.10. The number of carboxylic acid groups (broad SMARTS) is 1. The maximum atomic E-state index is 12.8. The van der Waals surface area contributed by atoms with E-state index in [1.54, 1.807) is 13.2 Å². The van der Waals surface area contributed by atoms with Crippen LogP contribution in [0.25, 0.3) is 10.9 Å². The smallest absolute Gasteiger partial charge is 0.303 e. The Hall–Kier alpha value is -3.20. The van der Waals surface area contributed by atoms with Crippen molar-refractivity contribution in [3.63, 3.8) is 0 Å². The van der Waals surface area contributed by atoms with Gasteiger partial charge in [-0.2, -0.15) is 0 Å². The average Bonchev–Trinajstić information content (AvgIpc) is 3.13. The normalized spacial score (nSPS) is 14.1. The Kier molecular flexibility index (Phi) is 8.75. The number of benzene rings is 1. The summed E-state index contributed by atoms with van der Waals surface area (Å²) in [6.07, 6.45) is 2.32. The lowest BCUT2D eigenvalue weighted by Gasteiger charge is -2.25. The highest BCUT2D eigenvalue weighted by Gasteiger charge is 2.28. The molecule has 0 bridgehead atoms. The number of aliphatic carboxylic acids is 1. The summed E-state index contributed by atoms with van der Waals surface area (Å²) in [5.41, 5.74) is 1.79. The van der Waals surface area contributed by atoms with E-state index in [-0.39, 0.29) is 25.2 Å². The number of likely N-dealkylation sites (N-methyl/N-ethyl adjacent to an activating group) is 1. The second-order valence-corrected chi connectivity index (χ2v) is 7.82. The van der Waals surface area contributed by atoms with E-state index in [4.69, 9.17) is 5.11 Å². The molecule has 1 heterocycles. The van der Waals surface area contributed by atoms with Gasteiger partial charge in [0.15, 0.2) is 0 Å². The first-order chi connectivity index (χ1) is 14.8. The molecule has 2 rings (SSSR count). The number of amides is 2. The summed E-state index contributed by atoms with van der Waals surface area (Å²) in [7, 11) is 1.64. The Morgan fingerprint density at radius 3 is 2.45 bits per heavy atom. The molecule has 2 amide bonds. The molecular weight excluding hydrogens is 400 g/mol. The summed E-state index contributed by atoms with van der Waals surface area (Å²) in [5, 5.41) is 18.1. The third-order valence-corrected chi connectivity index (χ3v) is 5.15. The lowest BCUT2D eigenvalue weighted by Crippen LogP contribution is -2.55. The lowest BCUT2D eigenvalue weighted by molar-refractivity contribution is -0.138. The highest BCUT2D eigenvalue weighted by Crippen LogP contribution is 2.19. The molecule has 0 saturated heterocycles. The van der Waals surface area contributed by atoms with Crippen molar-refractivity contribution in [1.82, 2.24) is 20.9 Å². The number of fused-ring (bicyclic) bond motifs is 1. The van der Waals surface area contributed by atoms with Crippen molar-refractivity contribution < 1.29 is 24.3 Å². The fourth-order valence-corrected chi connectivity index (χ4v) is 3.52. The van der Waals surface area contributed by atoms with Gasteiger partial charge < -0.3 is 30.8 Å². The monoisotopic (exact) mass is 430 g/mol. The molecule has 1 aromatic carbocycles. The molecule has 31 heavy (non-hydrogen) atoms. The van der Waals surface area contributed by atoms with Crippen molar-refractivity contribution in [1.29, 1.82) is 0 Å². The Morgan fingerprint density at radius 1 is 1.13 bits per heavy atom. The van der Waals surface area contributed by atoms with E-state index in [2.05, 4.69) is 20.9 Å². The van der Waals surface area contributed by atoms with Crippen molar-refractivity contribution in [3.8, 4) is 0 Å². The van der Waals surface area contributed by atoms with E-state index in [0.29, 0.717) is 6.29 Å². The van der Waals surface area contributed by atoms with E-state index in [1.807, 2.05) is 38.1 Å². The molecule has 3 atom stereocenters. The molecule has 9 nitrogen and oxygen atoms in total. The molecule has 0 fully saturated rings. The number of rotatable bonds is 12. The van der Waals surface area contributed by atoms with Crippen LogP contribution in [-0.4, -0.2) is 59.3 Å². The molecule has 168 valence electrons. The lowest BCUT2D eigenvalue weighted by atomic mass is 10.0. The number of aromatic amines is 1. The molecule has 0 radical (unpaired) electrons. The molecule has 2 aromatic rings. The highest BCUT2D eigenvalue weighted by molar-refractivity contribution is 5.91. The Balaban J connectivity index is 2.11. The Bertz CT molecular complexity index is 924. The first-order valence-electron chi connectivity index (χ1n) is 10.3. The summed E-state index contributed by atoms with van der Waals surface area (Å²) >= 11 is 0. The van der Waals surface area contributed by atoms with Crippen LogP contribution in [0.15, 0.2) is 30.5 Å². The summed E-state index contributed by atoms with van der Waals surface area (Å²) in [6.45, 7) is 3.72. The average molecular weight is 431 g/mol. The van der Waals surface area contributed by atoms with Crippen LogP contribution in [0.3, 0.4) is 0 Å². The van der Waals surface area contributed by atoms with Crippen molar-refractivity contribution in [2.45, 2.75) is 51.2 Å². The molecule has 9 heteroatoms. The van der Waals surface area contributed by atoms with Gasteiger partial charge in [-0.1, -0.05) is 32.0 Å². The van der Waals surface area contributed by atoms with Gasteiger partial charge in [0.2, 0.25) is 11.8 Å². The fourth-order valence-electron chi connectivity index (χ4n) is 3.52. The molecule has 5 N–H and O–H groups in total. The van der Waals surface area contributed by atoms with E-state index < -0.39 is 35.9 Å². The van der Waals surface area contributed by atoms with Crippen LogP contribution in [-0.2, 0) is 25.6 Å². The van der Waals surface area contributed by atoms with Crippen LogP contribution in [0, 0.1) is 5.92 Å². The molecule has 0 spiro atoms. The SMILES string of the molecule is CN[C@H](C(=O)N[C@@H](CCC(=O)O)C(=O)N[C@H](C=O)Cc1c[nH]c2ccccc12)C(C)C. The minimum Gasteiger partial charge on any atom is -0.481 e. The fraction of sp³-hybridized carbons (Fsp3) is 0.455. The molecular formula is C22H30N4O5. The standard InChI is InChI=1S/C22H30N4O5/c1-13(2)20(23-3)22(31)26-18(8-9-19(28)29)21(30)25-15(12-27)10-14-11-24-17-7-5-4-6-16(14)17/h4-7,11-13,15,18,20,23-24H,8-10H2,1-3H3,(H,25,30)(H,26,31)(H,28,29)/t15-,18-,20-/m0/s1. The van der Waals surface area contributed by atoms with E-state index in [0.717, 1.165) is 16.5 Å². The number of carboxylic acids is 1. The zero-order valence-corrected chi connectivity index (χ0v) is 18.0. The molecule has 0 aliphatic rings. The number of aromatic nitrogens is 1. The maximum absolute atomic E-state index is 12.8. The Morgan fingerprint density at radius 2 is 1.84 bits per heavy atom. The summed E-state index contributed by atoms with van der Waals surface area (Å²) < 4.78 is 0.